The summed E-state index contributed by atoms with van der Waals surface area (Å²) in [4.78, 5) is 5.84. The molecule has 2 saturated carbocycles. The van der Waals surface area contributed by atoms with Gasteiger partial charge in [0.1, 0.15) is 0 Å². The molecule has 1 spiro atoms. The summed E-state index contributed by atoms with van der Waals surface area (Å²) < 4.78 is 0. The largest absolute Gasteiger partial charge is 0.271 e. The van der Waals surface area contributed by atoms with E-state index in [1.54, 1.807) is 0 Å². The van der Waals surface area contributed by atoms with Gasteiger partial charge in [0.2, 0.25) is 0 Å². The van der Waals surface area contributed by atoms with Gasteiger partial charge < -0.3 is 0 Å². The Morgan fingerprint density at radius 2 is 1.62 bits per heavy atom. The van der Waals surface area contributed by atoms with Crippen LogP contribution < -0.4 is 0 Å². The van der Waals surface area contributed by atoms with E-state index < -0.39 is 0 Å². The molecule has 0 amide bonds. The van der Waals surface area contributed by atoms with Gasteiger partial charge in [-0.05, 0) is 38.5 Å². The summed E-state index contributed by atoms with van der Waals surface area (Å²) in [5, 5.41) is 2.35. The molecule has 1 atom stereocenters. The Kier molecular flexibility index (Phi) is 1.88. The van der Waals surface area contributed by atoms with Crippen molar-refractivity contribution in [1.29, 1.82) is 0 Å². The van der Waals surface area contributed by atoms with Crippen molar-refractivity contribution >= 4 is 0 Å². The van der Waals surface area contributed by atoms with Crippen LogP contribution in [0.2, 0.25) is 0 Å². The normalized spacial score (nSPS) is 38.3. The lowest BCUT2D eigenvalue weighted by Gasteiger charge is -2.21. The van der Waals surface area contributed by atoms with Gasteiger partial charge in [0.05, 0.1) is 0 Å². The molecule has 3 aliphatic rings. The summed E-state index contributed by atoms with van der Waals surface area (Å²) in [6.07, 6.45) is 12.4. The van der Waals surface area contributed by atoms with Gasteiger partial charge in [0.15, 0.2) is 5.72 Å². The molecule has 0 aromatic carbocycles. The second-order valence-electron chi connectivity index (χ2n) is 4.86. The predicted octanol–water partition coefficient (Wildman–Crippen LogP) is 2.84. The van der Waals surface area contributed by atoms with Crippen LogP contribution >= 0.6 is 0 Å². The third-order valence-corrected chi connectivity index (χ3v) is 3.93. The fourth-order valence-electron chi connectivity index (χ4n) is 3.12. The maximum Gasteiger partial charge on any atom is 0.165 e. The van der Waals surface area contributed by atoms with Crippen LogP contribution in [0.3, 0.4) is 0 Å². The fraction of sp³-hybridized carbons (Fsp3) is 1.00. The molecule has 1 saturated heterocycles. The Labute approximate surface area is 80.2 Å². The van der Waals surface area contributed by atoms with Crippen molar-refractivity contribution in [1.82, 2.24) is 5.06 Å². The molecule has 0 radical (unpaired) electrons. The lowest BCUT2D eigenvalue weighted by molar-refractivity contribution is 0.119. The third-order valence-electron chi connectivity index (χ3n) is 3.93. The van der Waals surface area contributed by atoms with E-state index in [0.29, 0.717) is 0 Å². The van der Waals surface area contributed by atoms with E-state index in [4.69, 9.17) is 4.84 Å². The summed E-state index contributed by atoms with van der Waals surface area (Å²) in [5.41, 5.74) is 0.252. The molecule has 0 aromatic rings. The molecule has 0 N–H and O–H groups in total. The maximum atomic E-state index is 5.84. The zero-order chi connectivity index (χ0) is 8.73. The zero-order valence-electron chi connectivity index (χ0n) is 8.30. The average Bonchev–Trinajstić information content (AvgIpc) is 2.66. The Morgan fingerprint density at radius 1 is 0.923 bits per heavy atom. The fourth-order valence-corrected chi connectivity index (χ4v) is 3.12. The van der Waals surface area contributed by atoms with Crippen molar-refractivity contribution in [2.75, 3.05) is 0 Å². The summed E-state index contributed by atoms with van der Waals surface area (Å²) in [6.45, 7) is 0. The minimum absolute atomic E-state index is 0.252. The van der Waals surface area contributed by atoms with Gasteiger partial charge in [-0.15, -0.1) is 0 Å². The van der Waals surface area contributed by atoms with Gasteiger partial charge in [-0.2, -0.15) is 5.06 Å². The highest BCUT2D eigenvalue weighted by atomic mass is 16.9. The number of hydroxylamine groups is 2. The van der Waals surface area contributed by atoms with Crippen LogP contribution in [0, 0.1) is 0 Å². The number of rotatable bonds is 1. The molecule has 74 valence electrons. The van der Waals surface area contributed by atoms with Crippen molar-refractivity contribution < 1.29 is 4.84 Å². The van der Waals surface area contributed by atoms with Gasteiger partial charge in [-0.1, -0.05) is 19.3 Å². The molecule has 1 heterocycles. The molecule has 0 aromatic heterocycles. The molecule has 1 unspecified atom stereocenters. The van der Waals surface area contributed by atoms with E-state index in [9.17, 15) is 0 Å². The number of hydrogen-bond acceptors (Lipinski definition) is 2. The van der Waals surface area contributed by atoms with E-state index in [1.165, 1.54) is 57.8 Å². The Balaban J connectivity index is 1.61. The first-order valence-corrected chi connectivity index (χ1v) is 5.89. The van der Waals surface area contributed by atoms with Crippen LogP contribution in [0.1, 0.15) is 57.8 Å². The van der Waals surface area contributed by atoms with Crippen LogP contribution in [0.15, 0.2) is 0 Å². The van der Waals surface area contributed by atoms with E-state index in [-0.39, 0.29) is 5.72 Å². The highest BCUT2D eigenvalue weighted by Crippen LogP contribution is 2.51. The zero-order valence-corrected chi connectivity index (χ0v) is 8.30. The lowest BCUT2D eigenvalue weighted by Crippen LogP contribution is -2.27. The molecule has 3 fully saturated rings. The van der Waals surface area contributed by atoms with Gasteiger partial charge in [-0.25, -0.2) is 0 Å². The summed E-state index contributed by atoms with van der Waals surface area (Å²) in [5.74, 6) is 0. The van der Waals surface area contributed by atoms with Crippen LogP contribution in [-0.4, -0.2) is 16.8 Å². The first-order valence-electron chi connectivity index (χ1n) is 5.89. The standard InChI is InChI=1S/C11H19NO/c1-2-6-10(7-3-1)12-11(13-12)8-4-5-9-11/h10H,1-9H2. The Bertz CT molecular complexity index is 192. The number of hydrogen-bond donors (Lipinski definition) is 0. The monoisotopic (exact) mass is 181 g/mol. The van der Waals surface area contributed by atoms with Crippen molar-refractivity contribution in [3.05, 3.63) is 0 Å². The van der Waals surface area contributed by atoms with Gasteiger partial charge in [-0.3, -0.25) is 4.84 Å². The van der Waals surface area contributed by atoms with E-state index in [2.05, 4.69) is 5.06 Å². The molecule has 1 aliphatic heterocycles. The van der Waals surface area contributed by atoms with Crippen molar-refractivity contribution in [3.8, 4) is 0 Å². The Morgan fingerprint density at radius 3 is 2.31 bits per heavy atom. The minimum atomic E-state index is 0.252. The molecule has 2 nitrogen and oxygen atoms in total. The van der Waals surface area contributed by atoms with Crippen LogP contribution in [0.4, 0.5) is 0 Å². The maximum absolute atomic E-state index is 5.84. The average molecular weight is 181 g/mol. The van der Waals surface area contributed by atoms with Crippen molar-refractivity contribution in [2.45, 2.75) is 69.6 Å². The second-order valence-corrected chi connectivity index (χ2v) is 4.86. The quantitative estimate of drug-likeness (QED) is 0.578. The smallest absolute Gasteiger partial charge is 0.165 e. The van der Waals surface area contributed by atoms with E-state index in [1.807, 2.05) is 0 Å². The second kappa shape index (κ2) is 2.96. The highest BCUT2D eigenvalue weighted by molar-refractivity contribution is 4.95. The van der Waals surface area contributed by atoms with Crippen molar-refractivity contribution in [3.63, 3.8) is 0 Å². The molecular weight excluding hydrogens is 162 g/mol. The minimum Gasteiger partial charge on any atom is -0.271 e. The summed E-state index contributed by atoms with van der Waals surface area (Å²) in [7, 11) is 0. The third kappa shape index (κ3) is 1.31. The Hall–Kier alpha value is -0.0800. The summed E-state index contributed by atoms with van der Waals surface area (Å²) >= 11 is 0. The van der Waals surface area contributed by atoms with E-state index >= 15 is 0 Å². The SMILES string of the molecule is C1CCC(N2OC23CCCC3)CC1. The van der Waals surface area contributed by atoms with Crippen LogP contribution in [0.5, 0.6) is 0 Å². The van der Waals surface area contributed by atoms with E-state index in [0.717, 1.165) is 6.04 Å². The summed E-state index contributed by atoms with van der Waals surface area (Å²) in [6, 6.07) is 0.770. The molecule has 2 aliphatic carbocycles. The molecule has 13 heavy (non-hydrogen) atoms. The lowest BCUT2D eigenvalue weighted by atomic mass is 9.95. The molecule has 0 bridgehead atoms. The number of nitrogens with zero attached hydrogens (tertiary/aromatic N) is 1. The topological polar surface area (TPSA) is 15.5 Å². The molecule has 2 heteroatoms. The molecule has 3 rings (SSSR count). The van der Waals surface area contributed by atoms with Gasteiger partial charge in [0.25, 0.3) is 0 Å². The first-order chi connectivity index (χ1) is 6.41. The van der Waals surface area contributed by atoms with Crippen LogP contribution in [0.25, 0.3) is 0 Å². The highest BCUT2D eigenvalue weighted by Gasteiger charge is 2.58. The van der Waals surface area contributed by atoms with Gasteiger partial charge >= 0.3 is 0 Å². The van der Waals surface area contributed by atoms with Crippen LogP contribution in [-0.2, 0) is 4.84 Å². The molecular formula is C11H19NO. The predicted molar refractivity (Wildman–Crippen MR) is 51.0 cm³/mol. The van der Waals surface area contributed by atoms with Gasteiger partial charge in [0, 0.05) is 6.04 Å². The van der Waals surface area contributed by atoms with Crippen molar-refractivity contribution in [2.24, 2.45) is 0 Å². The first kappa shape index (κ1) is 8.25.